The van der Waals surface area contributed by atoms with Crippen molar-refractivity contribution in [2.75, 3.05) is 26.8 Å². The van der Waals surface area contributed by atoms with E-state index < -0.39 is 0 Å². The van der Waals surface area contributed by atoms with Crippen LogP contribution in [0.4, 0.5) is 0 Å². The van der Waals surface area contributed by atoms with Gasteiger partial charge in [0.05, 0.1) is 12.5 Å². The molecule has 0 bridgehead atoms. The summed E-state index contributed by atoms with van der Waals surface area (Å²) in [6.45, 7) is 3.62. The highest BCUT2D eigenvalue weighted by Gasteiger charge is 2.38. The minimum Gasteiger partial charge on any atom is -0.492 e. The molecule has 1 amide bonds. The van der Waals surface area contributed by atoms with Crippen molar-refractivity contribution in [1.82, 2.24) is 14.5 Å². The van der Waals surface area contributed by atoms with Gasteiger partial charge < -0.3 is 18.9 Å². The van der Waals surface area contributed by atoms with E-state index in [4.69, 9.17) is 9.47 Å². The van der Waals surface area contributed by atoms with E-state index in [9.17, 15) is 4.79 Å². The predicted molar refractivity (Wildman–Crippen MR) is 94.3 cm³/mol. The highest BCUT2D eigenvalue weighted by atomic mass is 16.5. The molecule has 1 aromatic heterocycles. The van der Waals surface area contributed by atoms with Gasteiger partial charge in [0.2, 0.25) is 5.91 Å². The minimum atomic E-state index is -0.271. The topological polar surface area (TPSA) is 56.6 Å². The molecule has 1 aliphatic heterocycles. The van der Waals surface area contributed by atoms with Gasteiger partial charge in [-0.05, 0) is 31.0 Å². The first-order valence-corrected chi connectivity index (χ1v) is 8.59. The maximum atomic E-state index is 12.8. The van der Waals surface area contributed by atoms with E-state index in [1.807, 2.05) is 56.0 Å². The SMILES string of the molecule is Cc1cccc(OCCN(C)C(=O)[C@@H]2CCO[C@H]2c2nccn2C)c1. The second kappa shape index (κ2) is 7.70. The molecule has 6 nitrogen and oxygen atoms in total. The number of nitrogens with zero attached hydrogens (tertiary/aromatic N) is 3. The van der Waals surface area contributed by atoms with Crippen molar-refractivity contribution >= 4 is 5.91 Å². The van der Waals surface area contributed by atoms with Crippen LogP contribution in [0.15, 0.2) is 36.7 Å². The van der Waals surface area contributed by atoms with E-state index in [0.29, 0.717) is 19.8 Å². The van der Waals surface area contributed by atoms with Crippen LogP contribution in [-0.4, -0.2) is 47.2 Å². The van der Waals surface area contributed by atoms with Gasteiger partial charge in [0.25, 0.3) is 0 Å². The second-order valence-electron chi connectivity index (χ2n) is 6.51. The van der Waals surface area contributed by atoms with Gasteiger partial charge in [-0.1, -0.05) is 12.1 Å². The maximum absolute atomic E-state index is 12.8. The molecule has 0 N–H and O–H groups in total. The lowest BCUT2D eigenvalue weighted by molar-refractivity contribution is -0.136. The number of aromatic nitrogens is 2. The summed E-state index contributed by atoms with van der Waals surface area (Å²) >= 11 is 0. The third-order valence-corrected chi connectivity index (χ3v) is 4.58. The number of carbonyl (C=O) groups is 1. The molecule has 25 heavy (non-hydrogen) atoms. The summed E-state index contributed by atoms with van der Waals surface area (Å²) in [5, 5.41) is 0. The van der Waals surface area contributed by atoms with Crippen LogP contribution in [0, 0.1) is 12.8 Å². The Morgan fingerprint density at radius 3 is 3.04 bits per heavy atom. The molecule has 3 rings (SSSR count). The predicted octanol–water partition coefficient (Wildman–Crippen LogP) is 2.34. The summed E-state index contributed by atoms with van der Waals surface area (Å²) < 4.78 is 13.4. The lowest BCUT2D eigenvalue weighted by atomic mass is 9.99. The number of likely N-dealkylation sites (N-methyl/N-ethyl adjacent to an activating group) is 1. The van der Waals surface area contributed by atoms with E-state index in [0.717, 1.165) is 23.6 Å². The summed E-state index contributed by atoms with van der Waals surface area (Å²) in [4.78, 5) is 18.9. The molecule has 2 heterocycles. The van der Waals surface area contributed by atoms with Crippen molar-refractivity contribution in [3.8, 4) is 5.75 Å². The van der Waals surface area contributed by atoms with Crippen molar-refractivity contribution in [2.24, 2.45) is 13.0 Å². The molecule has 134 valence electrons. The number of hydrogen-bond donors (Lipinski definition) is 0. The zero-order chi connectivity index (χ0) is 17.8. The Kier molecular flexibility index (Phi) is 5.38. The number of carbonyl (C=O) groups excluding carboxylic acids is 1. The molecule has 0 radical (unpaired) electrons. The van der Waals surface area contributed by atoms with Crippen LogP contribution in [0.3, 0.4) is 0 Å². The minimum absolute atomic E-state index is 0.0818. The number of benzene rings is 1. The molecular formula is C19H25N3O3. The quantitative estimate of drug-likeness (QED) is 0.808. The molecule has 2 aromatic rings. The summed E-state index contributed by atoms with van der Waals surface area (Å²) in [5.41, 5.74) is 1.16. The van der Waals surface area contributed by atoms with Crippen LogP contribution in [-0.2, 0) is 16.6 Å². The third-order valence-electron chi connectivity index (χ3n) is 4.58. The van der Waals surface area contributed by atoms with Crippen LogP contribution in [0.1, 0.15) is 23.9 Å². The first-order chi connectivity index (χ1) is 12.1. The van der Waals surface area contributed by atoms with Gasteiger partial charge in [-0.2, -0.15) is 0 Å². The fourth-order valence-corrected chi connectivity index (χ4v) is 3.15. The molecule has 0 saturated carbocycles. The maximum Gasteiger partial charge on any atom is 0.228 e. The fourth-order valence-electron chi connectivity index (χ4n) is 3.15. The number of amides is 1. The average Bonchev–Trinajstić information content (AvgIpc) is 3.22. The van der Waals surface area contributed by atoms with E-state index >= 15 is 0 Å². The Balaban J connectivity index is 1.55. The largest absolute Gasteiger partial charge is 0.492 e. The van der Waals surface area contributed by atoms with Gasteiger partial charge in [-0.25, -0.2) is 4.98 Å². The van der Waals surface area contributed by atoms with Crippen molar-refractivity contribution < 1.29 is 14.3 Å². The van der Waals surface area contributed by atoms with E-state index in [1.54, 1.807) is 11.1 Å². The Hall–Kier alpha value is -2.34. The number of imidazole rings is 1. The summed E-state index contributed by atoms with van der Waals surface area (Å²) in [6, 6.07) is 7.91. The van der Waals surface area contributed by atoms with Crippen LogP contribution < -0.4 is 4.74 Å². The van der Waals surface area contributed by atoms with E-state index in [1.165, 1.54) is 0 Å². The number of aryl methyl sites for hydroxylation is 2. The third kappa shape index (κ3) is 4.02. The molecule has 0 aliphatic carbocycles. The molecule has 6 heteroatoms. The van der Waals surface area contributed by atoms with E-state index in [-0.39, 0.29) is 17.9 Å². The van der Waals surface area contributed by atoms with Crippen LogP contribution in [0.2, 0.25) is 0 Å². The molecule has 1 aromatic carbocycles. The van der Waals surface area contributed by atoms with Gasteiger partial charge in [0.1, 0.15) is 24.3 Å². The van der Waals surface area contributed by atoms with Gasteiger partial charge in [0.15, 0.2) is 0 Å². The zero-order valence-corrected chi connectivity index (χ0v) is 15.0. The van der Waals surface area contributed by atoms with Crippen LogP contribution in [0.5, 0.6) is 5.75 Å². The summed E-state index contributed by atoms with van der Waals surface area (Å²) in [5.74, 6) is 1.53. The summed E-state index contributed by atoms with van der Waals surface area (Å²) in [6.07, 6.45) is 4.06. The molecule has 2 atom stereocenters. The van der Waals surface area contributed by atoms with E-state index in [2.05, 4.69) is 4.98 Å². The Morgan fingerprint density at radius 1 is 1.48 bits per heavy atom. The smallest absolute Gasteiger partial charge is 0.228 e. The zero-order valence-electron chi connectivity index (χ0n) is 15.0. The molecular weight excluding hydrogens is 318 g/mol. The molecule has 1 saturated heterocycles. The molecule has 0 unspecified atom stereocenters. The molecule has 0 spiro atoms. The van der Waals surface area contributed by atoms with Crippen molar-refractivity contribution in [3.63, 3.8) is 0 Å². The lowest BCUT2D eigenvalue weighted by Crippen LogP contribution is -2.37. The first kappa shape index (κ1) is 17.5. The van der Waals surface area contributed by atoms with Crippen molar-refractivity contribution in [2.45, 2.75) is 19.4 Å². The average molecular weight is 343 g/mol. The van der Waals surface area contributed by atoms with Crippen LogP contribution in [0.25, 0.3) is 0 Å². The Bertz CT molecular complexity index is 728. The first-order valence-electron chi connectivity index (χ1n) is 8.59. The second-order valence-corrected chi connectivity index (χ2v) is 6.51. The standard InChI is InChI=1S/C19H25N3O3/c1-14-5-4-6-15(13-14)24-12-10-22(3)19(23)16-7-11-25-17(16)18-20-8-9-21(18)2/h4-6,8-9,13,16-17H,7,10-12H2,1-3H3/t16-,17-/m1/s1. The van der Waals surface area contributed by atoms with Gasteiger partial charge in [-0.15, -0.1) is 0 Å². The lowest BCUT2D eigenvalue weighted by Gasteiger charge is -2.24. The van der Waals surface area contributed by atoms with Gasteiger partial charge >= 0.3 is 0 Å². The monoisotopic (exact) mass is 343 g/mol. The number of hydrogen-bond acceptors (Lipinski definition) is 4. The highest BCUT2D eigenvalue weighted by molar-refractivity contribution is 5.79. The van der Waals surface area contributed by atoms with Crippen molar-refractivity contribution in [1.29, 1.82) is 0 Å². The molecule has 1 fully saturated rings. The number of ether oxygens (including phenoxy) is 2. The fraction of sp³-hybridized carbons (Fsp3) is 0.474. The van der Waals surface area contributed by atoms with Gasteiger partial charge in [0, 0.05) is 33.1 Å². The normalized spacial score (nSPS) is 19.8. The van der Waals surface area contributed by atoms with Gasteiger partial charge in [-0.3, -0.25) is 4.79 Å². The highest BCUT2D eigenvalue weighted by Crippen LogP contribution is 2.34. The Labute approximate surface area is 148 Å². The number of rotatable bonds is 6. The molecule has 1 aliphatic rings. The Morgan fingerprint density at radius 2 is 2.32 bits per heavy atom. The van der Waals surface area contributed by atoms with Crippen molar-refractivity contribution in [3.05, 3.63) is 48.0 Å². The van der Waals surface area contributed by atoms with Crippen LogP contribution >= 0.6 is 0 Å². The summed E-state index contributed by atoms with van der Waals surface area (Å²) in [7, 11) is 3.74.